The van der Waals surface area contributed by atoms with Crippen LogP contribution in [0.15, 0.2) is 0 Å². The summed E-state index contributed by atoms with van der Waals surface area (Å²) in [4.78, 5) is 13.1. The maximum Gasteiger partial charge on any atom is 0.132 e. The van der Waals surface area contributed by atoms with Gasteiger partial charge in [-0.1, -0.05) is 0 Å². The van der Waals surface area contributed by atoms with Crippen molar-refractivity contribution >= 4 is 5.78 Å². The van der Waals surface area contributed by atoms with Crippen molar-refractivity contribution in [2.24, 2.45) is 5.92 Å². The first-order valence-electron chi connectivity index (χ1n) is 5.44. The van der Waals surface area contributed by atoms with Crippen LogP contribution in [0.25, 0.3) is 0 Å². The number of carbonyl (C=O) groups is 1. The molecule has 0 amide bonds. The van der Waals surface area contributed by atoms with E-state index in [1.165, 1.54) is 6.92 Å². The van der Waals surface area contributed by atoms with Crippen molar-refractivity contribution in [1.82, 2.24) is 4.90 Å². The Labute approximate surface area is 86.1 Å². The molecule has 14 heavy (non-hydrogen) atoms. The van der Waals surface area contributed by atoms with Gasteiger partial charge in [0.2, 0.25) is 0 Å². The maximum absolute atomic E-state index is 10.8. The highest BCUT2D eigenvalue weighted by molar-refractivity contribution is 5.75. The van der Waals surface area contributed by atoms with E-state index in [0.717, 1.165) is 32.4 Å². The molecule has 1 aliphatic heterocycles. The summed E-state index contributed by atoms with van der Waals surface area (Å²) in [7, 11) is 2.13. The third kappa shape index (κ3) is 4.20. The molecule has 0 aromatic carbocycles. The molecule has 0 aliphatic carbocycles. The minimum atomic E-state index is -0.416. The number of aliphatic hydroxyl groups excluding tert-OH is 1. The van der Waals surface area contributed by atoms with E-state index in [0.29, 0.717) is 12.3 Å². The molecule has 0 spiro atoms. The van der Waals surface area contributed by atoms with E-state index in [1.807, 2.05) is 0 Å². The van der Waals surface area contributed by atoms with Gasteiger partial charge in [0.15, 0.2) is 0 Å². The predicted octanol–water partition coefficient (Wildman–Crippen LogP) is 1.06. The lowest BCUT2D eigenvalue weighted by molar-refractivity contribution is -0.119. The van der Waals surface area contributed by atoms with Crippen LogP contribution in [0.3, 0.4) is 0 Å². The van der Waals surface area contributed by atoms with E-state index < -0.39 is 6.10 Å². The van der Waals surface area contributed by atoms with Gasteiger partial charge >= 0.3 is 0 Å². The van der Waals surface area contributed by atoms with Crippen LogP contribution in [0.5, 0.6) is 0 Å². The Kier molecular flexibility index (Phi) is 4.55. The van der Waals surface area contributed by atoms with Gasteiger partial charge < -0.3 is 10.0 Å². The molecule has 3 nitrogen and oxygen atoms in total. The van der Waals surface area contributed by atoms with Crippen LogP contribution >= 0.6 is 0 Å². The third-order valence-electron chi connectivity index (χ3n) is 2.97. The number of likely N-dealkylation sites (tertiary alicyclic amines) is 1. The molecule has 0 aromatic heterocycles. The van der Waals surface area contributed by atoms with Crippen LogP contribution in [-0.4, -0.2) is 42.0 Å². The number of nitrogens with zero attached hydrogens (tertiary/aromatic N) is 1. The average Bonchev–Trinajstić information content (AvgIpc) is 2.07. The fraction of sp³-hybridized carbons (Fsp3) is 0.909. The van der Waals surface area contributed by atoms with Crippen molar-refractivity contribution in [3.05, 3.63) is 0 Å². The van der Waals surface area contributed by atoms with Gasteiger partial charge in [0.1, 0.15) is 5.78 Å². The van der Waals surface area contributed by atoms with Crippen LogP contribution in [-0.2, 0) is 4.79 Å². The first-order chi connectivity index (χ1) is 6.58. The molecule has 0 saturated carbocycles. The summed E-state index contributed by atoms with van der Waals surface area (Å²) >= 11 is 0. The molecule has 0 bridgehead atoms. The van der Waals surface area contributed by atoms with E-state index in [9.17, 15) is 9.90 Å². The molecule has 1 saturated heterocycles. The minimum Gasteiger partial charge on any atom is -0.393 e. The number of aliphatic hydroxyl groups is 1. The van der Waals surface area contributed by atoms with Crippen molar-refractivity contribution in [3.8, 4) is 0 Å². The Morgan fingerprint density at radius 1 is 1.50 bits per heavy atom. The second kappa shape index (κ2) is 5.47. The van der Waals surface area contributed by atoms with E-state index in [2.05, 4.69) is 11.9 Å². The van der Waals surface area contributed by atoms with Crippen molar-refractivity contribution in [2.75, 3.05) is 20.1 Å². The van der Waals surface area contributed by atoms with Crippen LogP contribution in [0, 0.1) is 5.92 Å². The molecule has 1 aliphatic rings. The minimum absolute atomic E-state index is 0.0884. The zero-order chi connectivity index (χ0) is 10.6. The number of piperidine rings is 1. The SMILES string of the molecule is CC(=O)CC(O)CC1CCN(C)CC1. The normalized spacial score (nSPS) is 22.2. The molecule has 0 radical (unpaired) electrons. The largest absolute Gasteiger partial charge is 0.393 e. The van der Waals surface area contributed by atoms with Crippen LogP contribution in [0.1, 0.15) is 32.6 Å². The Hall–Kier alpha value is -0.410. The molecule has 0 aromatic rings. The van der Waals surface area contributed by atoms with E-state index in [-0.39, 0.29) is 5.78 Å². The van der Waals surface area contributed by atoms with E-state index >= 15 is 0 Å². The van der Waals surface area contributed by atoms with Crippen LogP contribution < -0.4 is 0 Å². The van der Waals surface area contributed by atoms with Crippen molar-refractivity contribution in [3.63, 3.8) is 0 Å². The maximum atomic E-state index is 10.8. The zero-order valence-electron chi connectivity index (χ0n) is 9.20. The predicted molar refractivity (Wildman–Crippen MR) is 56.1 cm³/mol. The topological polar surface area (TPSA) is 40.5 Å². The Morgan fingerprint density at radius 2 is 2.07 bits per heavy atom. The average molecular weight is 199 g/mol. The third-order valence-corrected chi connectivity index (χ3v) is 2.97. The summed E-state index contributed by atoms with van der Waals surface area (Å²) < 4.78 is 0. The summed E-state index contributed by atoms with van der Waals surface area (Å²) in [6.07, 6.45) is 3.03. The fourth-order valence-corrected chi connectivity index (χ4v) is 2.10. The molecule has 1 N–H and O–H groups in total. The number of hydrogen-bond donors (Lipinski definition) is 1. The summed E-state index contributed by atoms with van der Waals surface area (Å²) in [6.45, 7) is 3.78. The second-order valence-electron chi connectivity index (χ2n) is 4.54. The van der Waals surface area contributed by atoms with Gasteiger partial charge in [-0.2, -0.15) is 0 Å². The number of ketones is 1. The molecule has 82 valence electrons. The van der Waals surface area contributed by atoms with Gasteiger partial charge in [-0.05, 0) is 52.2 Å². The number of Topliss-reactive ketones (excluding diaryl/α,β-unsaturated/α-hetero) is 1. The van der Waals surface area contributed by atoms with Gasteiger partial charge in [-0.3, -0.25) is 4.79 Å². The van der Waals surface area contributed by atoms with Crippen LogP contribution in [0.2, 0.25) is 0 Å². The highest BCUT2D eigenvalue weighted by atomic mass is 16.3. The highest BCUT2D eigenvalue weighted by Crippen LogP contribution is 2.21. The molecule has 1 atom stereocenters. The second-order valence-corrected chi connectivity index (χ2v) is 4.54. The van der Waals surface area contributed by atoms with E-state index in [1.54, 1.807) is 0 Å². The lowest BCUT2D eigenvalue weighted by Crippen LogP contribution is -2.32. The monoisotopic (exact) mass is 199 g/mol. The lowest BCUT2D eigenvalue weighted by atomic mass is 9.90. The highest BCUT2D eigenvalue weighted by Gasteiger charge is 2.20. The van der Waals surface area contributed by atoms with Gasteiger partial charge in [-0.15, -0.1) is 0 Å². The first-order valence-corrected chi connectivity index (χ1v) is 5.44. The zero-order valence-corrected chi connectivity index (χ0v) is 9.20. The quantitative estimate of drug-likeness (QED) is 0.736. The Balaban J connectivity index is 2.20. The molecule has 3 heteroatoms. The molecule has 1 fully saturated rings. The number of hydrogen-bond acceptors (Lipinski definition) is 3. The van der Waals surface area contributed by atoms with Crippen molar-refractivity contribution in [1.29, 1.82) is 0 Å². The summed E-state index contributed by atoms with van der Waals surface area (Å²) in [5.41, 5.74) is 0. The molecule has 1 rings (SSSR count). The van der Waals surface area contributed by atoms with E-state index in [4.69, 9.17) is 0 Å². The molecular formula is C11H21NO2. The fourth-order valence-electron chi connectivity index (χ4n) is 2.10. The molecule has 1 unspecified atom stereocenters. The van der Waals surface area contributed by atoms with Crippen molar-refractivity contribution < 1.29 is 9.90 Å². The van der Waals surface area contributed by atoms with Gasteiger partial charge in [-0.25, -0.2) is 0 Å². The number of carbonyl (C=O) groups excluding carboxylic acids is 1. The Morgan fingerprint density at radius 3 is 2.57 bits per heavy atom. The standard InChI is InChI=1S/C11H21NO2/c1-9(13)7-11(14)8-10-3-5-12(2)6-4-10/h10-11,14H,3-8H2,1-2H3. The Bertz CT molecular complexity index is 186. The van der Waals surface area contributed by atoms with Crippen LogP contribution in [0.4, 0.5) is 0 Å². The smallest absolute Gasteiger partial charge is 0.132 e. The van der Waals surface area contributed by atoms with Crippen molar-refractivity contribution in [2.45, 2.75) is 38.7 Å². The summed E-state index contributed by atoms with van der Waals surface area (Å²) in [5.74, 6) is 0.700. The first kappa shape index (κ1) is 11.7. The molecular weight excluding hydrogens is 178 g/mol. The lowest BCUT2D eigenvalue weighted by Gasteiger charge is -2.29. The van der Waals surface area contributed by atoms with Gasteiger partial charge in [0, 0.05) is 6.42 Å². The number of rotatable bonds is 4. The van der Waals surface area contributed by atoms with Gasteiger partial charge in [0.25, 0.3) is 0 Å². The molecule has 1 heterocycles. The van der Waals surface area contributed by atoms with Gasteiger partial charge in [0.05, 0.1) is 6.10 Å². The summed E-state index contributed by atoms with van der Waals surface area (Å²) in [6, 6.07) is 0. The summed E-state index contributed by atoms with van der Waals surface area (Å²) in [5, 5.41) is 9.60.